The van der Waals surface area contributed by atoms with Gasteiger partial charge in [0.15, 0.2) is 11.5 Å². The number of allylic oxidation sites excluding steroid dienone is 1. The monoisotopic (exact) mass is 394 g/mol. The number of rotatable bonds is 7. The molecule has 0 spiro atoms. The number of para-hydroxylation sites is 1. The highest BCUT2D eigenvalue weighted by Crippen LogP contribution is 2.33. The van der Waals surface area contributed by atoms with E-state index in [-0.39, 0.29) is 6.61 Å². The summed E-state index contributed by atoms with van der Waals surface area (Å²) in [6.07, 6.45) is 1.94. The maximum Gasteiger partial charge on any atom is 0.341 e. The zero-order chi connectivity index (χ0) is 19.1. The van der Waals surface area contributed by atoms with E-state index in [0.29, 0.717) is 33.7 Å². The second-order valence-electron chi connectivity index (χ2n) is 5.57. The molecular weight excluding hydrogens is 375 g/mol. The molecule has 0 saturated carbocycles. The third-order valence-corrected chi connectivity index (χ3v) is 4.31. The lowest BCUT2D eigenvalue weighted by molar-refractivity contribution is 0.0595. The van der Waals surface area contributed by atoms with E-state index in [9.17, 15) is 4.79 Å². The van der Waals surface area contributed by atoms with E-state index < -0.39 is 5.97 Å². The van der Waals surface area contributed by atoms with Crippen molar-refractivity contribution in [3.63, 3.8) is 0 Å². The Morgan fingerprint density at radius 2 is 1.92 bits per heavy atom. The van der Waals surface area contributed by atoms with Crippen molar-refractivity contribution in [2.75, 3.05) is 13.7 Å². The standard InChI is InChI=1S/C20H20Cl2O4/c1-4-13(2)11-26-19-16(20(23)24-3)6-5-7-18(19)25-12-14-8-9-15(21)10-17(14)22/h4-10H,11-12H2,1-3H3/b13-4+. The minimum atomic E-state index is -0.492. The molecular formula is C20H20Cl2O4. The molecule has 0 aliphatic rings. The van der Waals surface area contributed by atoms with E-state index in [0.717, 1.165) is 11.1 Å². The van der Waals surface area contributed by atoms with Gasteiger partial charge in [-0.05, 0) is 43.7 Å². The summed E-state index contributed by atoms with van der Waals surface area (Å²) < 4.78 is 16.5. The highest BCUT2D eigenvalue weighted by atomic mass is 35.5. The quantitative estimate of drug-likeness (QED) is 0.445. The van der Waals surface area contributed by atoms with E-state index in [2.05, 4.69) is 0 Å². The zero-order valence-corrected chi connectivity index (χ0v) is 16.4. The summed E-state index contributed by atoms with van der Waals surface area (Å²) in [6.45, 7) is 4.40. The number of ether oxygens (including phenoxy) is 3. The lowest BCUT2D eigenvalue weighted by Crippen LogP contribution is -2.09. The van der Waals surface area contributed by atoms with E-state index in [1.54, 1.807) is 36.4 Å². The van der Waals surface area contributed by atoms with Gasteiger partial charge in [-0.15, -0.1) is 0 Å². The average molecular weight is 395 g/mol. The molecule has 2 rings (SSSR count). The molecule has 0 amide bonds. The van der Waals surface area contributed by atoms with E-state index >= 15 is 0 Å². The van der Waals surface area contributed by atoms with Crippen molar-refractivity contribution in [3.8, 4) is 11.5 Å². The fourth-order valence-electron chi connectivity index (χ4n) is 2.11. The predicted molar refractivity (Wildman–Crippen MR) is 104 cm³/mol. The maximum absolute atomic E-state index is 12.1. The van der Waals surface area contributed by atoms with Crippen LogP contribution in [0.1, 0.15) is 29.8 Å². The minimum absolute atomic E-state index is 0.208. The molecule has 0 atom stereocenters. The first kappa shape index (κ1) is 20.1. The van der Waals surface area contributed by atoms with E-state index in [4.69, 9.17) is 37.4 Å². The minimum Gasteiger partial charge on any atom is -0.485 e. The largest absolute Gasteiger partial charge is 0.485 e. The summed E-state index contributed by atoms with van der Waals surface area (Å²) in [6, 6.07) is 10.3. The molecule has 0 bridgehead atoms. The van der Waals surface area contributed by atoms with Gasteiger partial charge >= 0.3 is 5.97 Å². The van der Waals surface area contributed by atoms with Crippen LogP contribution in [0.5, 0.6) is 11.5 Å². The Hall–Kier alpha value is -2.17. The van der Waals surface area contributed by atoms with Crippen LogP contribution in [0.4, 0.5) is 0 Å². The molecule has 26 heavy (non-hydrogen) atoms. The molecule has 138 valence electrons. The molecule has 0 N–H and O–H groups in total. The van der Waals surface area contributed by atoms with E-state index in [1.807, 2.05) is 19.9 Å². The summed E-state index contributed by atoms with van der Waals surface area (Å²) in [5, 5.41) is 1.06. The van der Waals surface area contributed by atoms with Gasteiger partial charge in [0, 0.05) is 15.6 Å². The van der Waals surface area contributed by atoms with Gasteiger partial charge in [-0.25, -0.2) is 4.79 Å². The second-order valence-corrected chi connectivity index (χ2v) is 6.42. The topological polar surface area (TPSA) is 44.8 Å². The molecule has 0 aromatic heterocycles. The van der Waals surface area contributed by atoms with Crippen molar-refractivity contribution in [1.82, 2.24) is 0 Å². The van der Waals surface area contributed by atoms with Crippen molar-refractivity contribution in [2.45, 2.75) is 20.5 Å². The number of hydrogen-bond donors (Lipinski definition) is 0. The van der Waals surface area contributed by atoms with Gasteiger partial charge in [0.2, 0.25) is 0 Å². The number of methoxy groups -OCH3 is 1. The summed E-state index contributed by atoms with van der Waals surface area (Å²) in [7, 11) is 1.32. The van der Waals surface area contributed by atoms with Gasteiger partial charge in [-0.1, -0.05) is 41.4 Å². The molecule has 0 aliphatic heterocycles. The highest BCUT2D eigenvalue weighted by molar-refractivity contribution is 6.35. The second kappa shape index (κ2) is 9.51. The van der Waals surface area contributed by atoms with Crippen LogP contribution in [0.2, 0.25) is 10.0 Å². The highest BCUT2D eigenvalue weighted by Gasteiger charge is 2.18. The SMILES string of the molecule is C/C=C(\C)COc1c(OCc2ccc(Cl)cc2Cl)cccc1C(=O)OC. The zero-order valence-electron chi connectivity index (χ0n) is 14.8. The maximum atomic E-state index is 12.1. The van der Waals surface area contributed by atoms with Crippen LogP contribution in [0.25, 0.3) is 0 Å². The van der Waals surface area contributed by atoms with Crippen molar-refractivity contribution in [3.05, 3.63) is 69.2 Å². The Labute approximate surface area is 163 Å². The van der Waals surface area contributed by atoms with Gasteiger partial charge in [-0.3, -0.25) is 0 Å². The average Bonchev–Trinajstić information content (AvgIpc) is 2.64. The Kier molecular flexibility index (Phi) is 7.37. The molecule has 0 unspecified atom stereocenters. The van der Waals surface area contributed by atoms with Crippen molar-refractivity contribution < 1.29 is 19.0 Å². The first-order chi connectivity index (χ1) is 12.5. The first-order valence-electron chi connectivity index (χ1n) is 7.99. The van der Waals surface area contributed by atoms with Gasteiger partial charge < -0.3 is 14.2 Å². The number of carbonyl (C=O) groups is 1. The molecule has 0 saturated heterocycles. The number of carbonyl (C=O) groups excluding carboxylic acids is 1. The van der Waals surface area contributed by atoms with Gasteiger partial charge in [-0.2, -0.15) is 0 Å². The smallest absolute Gasteiger partial charge is 0.341 e. The van der Waals surface area contributed by atoms with Crippen LogP contribution >= 0.6 is 23.2 Å². The Balaban J connectivity index is 2.29. The normalized spacial score (nSPS) is 11.2. The van der Waals surface area contributed by atoms with Gasteiger partial charge in [0.05, 0.1) is 7.11 Å². The molecule has 0 aliphatic carbocycles. The summed E-state index contributed by atoms with van der Waals surface area (Å²) in [4.78, 5) is 12.1. The molecule has 6 heteroatoms. The molecule has 0 heterocycles. The number of halogens is 2. The Morgan fingerprint density at radius 3 is 2.58 bits per heavy atom. The van der Waals surface area contributed by atoms with Crippen LogP contribution in [-0.4, -0.2) is 19.7 Å². The predicted octanol–water partition coefficient (Wildman–Crippen LogP) is 5.70. The molecule has 2 aromatic carbocycles. The molecule has 0 fully saturated rings. The van der Waals surface area contributed by atoms with E-state index in [1.165, 1.54) is 7.11 Å². The summed E-state index contributed by atoms with van der Waals surface area (Å²) in [5.41, 5.74) is 2.10. The Morgan fingerprint density at radius 1 is 1.15 bits per heavy atom. The first-order valence-corrected chi connectivity index (χ1v) is 8.74. The summed E-state index contributed by atoms with van der Waals surface area (Å²) >= 11 is 12.1. The Bertz CT molecular complexity index is 815. The van der Waals surface area contributed by atoms with Crippen molar-refractivity contribution >= 4 is 29.2 Å². The van der Waals surface area contributed by atoms with Crippen LogP contribution in [0.3, 0.4) is 0 Å². The van der Waals surface area contributed by atoms with Crippen LogP contribution in [0.15, 0.2) is 48.0 Å². The van der Waals surface area contributed by atoms with Crippen molar-refractivity contribution in [2.24, 2.45) is 0 Å². The van der Waals surface area contributed by atoms with Crippen LogP contribution in [0, 0.1) is 0 Å². The molecule has 2 aromatic rings. The fraction of sp³-hybridized carbons (Fsp3) is 0.250. The molecule has 0 radical (unpaired) electrons. The van der Waals surface area contributed by atoms with Gasteiger partial charge in [0.1, 0.15) is 18.8 Å². The molecule has 4 nitrogen and oxygen atoms in total. The van der Waals surface area contributed by atoms with Crippen LogP contribution < -0.4 is 9.47 Å². The third kappa shape index (κ3) is 5.16. The van der Waals surface area contributed by atoms with Crippen LogP contribution in [-0.2, 0) is 11.3 Å². The fourth-order valence-corrected chi connectivity index (χ4v) is 2.58. The van der Waals surface area contributed by atoms with Gasteiger partial charge in [0.25, 0.3) is 0 Å². The summed E-state index contributed by atoms with van der Waals surface area (Å²) in [5.74, 6) is 0.279. The number of hydrogen-bond acceptors (Lipinski definition) is 4. The van der Waals surface area contributed by atoms with Crippen molar-refractivity contribution in [1.29, 1.82) is 0 Å². The lowest BCUT2D eigenvalue weighted by atomic mass is 10.2. The number of esters is 1. The third-order valence-electron chi connectivity index (χ3n) is 3.72. The number of benzene rings is 2. The lowest BCUT2D eigenvalue weighted by Gasteiger charge is -2.16.